The van der Waals surface area contributed by atoms with Gasteiger partial charge in [-0.3, -0.25) is 14.5 Å². The first kappa shape index (κ1) is 20.5. The third-order valence-corrected chi connectivity index (χ3v) is 4.93. The molecule has 2 fully saturated rings. The van der Waals surface area contributed by atoms with Crippen molar-refractivity contribution in [3.63, 3.8) is 0 Å². The van der Waals surface area contributed by atoms with Crippen molar-refractivity contribution in [3.8, 4) is 6.07 Å². The van der Waals surface area contributed by atoms with E-state index in [2.05, 4.69) is 5.32 Å². The Bertz CT molecular complexity index is 673. The molecule has 2 heterocycles. The Kier molecular flexibility index (Phi) is 6.25. The average molecular weight is 380 g/mol. The zero-order valence-corrected chi connectivity index (χ0v) is 15.5. The van der Waals surface area contributed by atoms with Gasteiger partial charge in [0.2, 0.25) is 11.8 Å². The van der Waals surface area contributed by atoms with Gasteiger partial charge in [-0.25, -0.2) is 9.59 Å². The second kappa shape index (κ2) is 8.24. The molecule has 0 spiro atoms. The number of nitrogens with zero attached hydrogens (tertiary/aromatic N) is 3. The third-order valence-electron chi connectivity index (χ3n) is 4.93. The fourth-order valence-electron chi connectivity index (χ4n) is 3.56. The number of hydrogen-bond acceptors (Lipinski definition) is 6. The van der Waals surface area contributed by atoms with Crippen LogP contribution in [0.3, 0.4) is 0 Å². The van der Waals surface area contributed by atoms with Gasteiger partial charge in [-0.2, -0.15) is 5.26 Å². The Balaban J connectivity index is 2.09. The maximum atomic E-state index is 12.6. The zero-order chi connectivity index (χ0) is 20.3. The van der Waals surface area contributed by atoms with Crippen LogP contribution in [0.25, 0.3) is 0 Å². The SMILES string of the molecule is COC(=O)[C@H]1C[C@@H](NC(=O)[C@@H]2C[C@@H](C#N)CN2C(=O)O)CN1C(=O)C(C)C. The molecule has 27 heavy (non-hydrogen) atoms. The molecule has 0 aromatic heterocycles. The summed E-state index contributed by atoms with van der Waals surface area (Å²) in [5.74, 6) is -2.16. The summed E-state index contributed by atoms with van der Waals surface area (Å²) in [5, 5.41) is 21.0. The van der Waals surface area contributed by atoms with Crippen LogP contribution in [0, 0.1) is 23.2 Å². The van der Waals surface area contributed by atoms with Crippen LogP contribution in [0.2, 0.25) is 0 Å². The number of nitrogens with one attached hydrogen (secondary N) is 1. The Morgan fingerprint density at radius 2 is 1.81 bits per heavy atom. The van der Waals surface area contributed by atoms with Crippen LogP contribution in [0.15, 0.2) is 0 Å². The molecule has 0 saturated carbocycles. The standard InChI is InChI=1S/C17H24N4O6/c1-9(2)15(23)20-8-11(5-13(20)16(24)27-3)19-14(22)12-4-10(6-18)7-21(12)17(25)26/h9-13H,4-5,7-8H2,1-3H3,(H,19,22)(H,25,26)/t10-,11+,12-,13+/m0/s1. The highest BCUT2D eigenvalue weighted by molar-refractivity contribution is 5.88. The van der Waals surface area contributed by atoms with E-state index in [4.69, 9.17) is 10.00 Å². The molecular formula is C17H24N4O6. The number of likely N-dealkylation sites (tertiary alicyclic amines) is 2. The van der Waals surface area contributed by atoms with Crippen LogP contribution in [-0.2, 0) is 19.1 Å². The van der Waals surface area contributed by atoms with E-state index in [-0.39, 0.29) is 37.8 Å². The molecule has 0 aliphatic carbocycles. The number of rotatable bonds is 4. The van der Waals surface area contributed by atoms with Gasteiger partial charge in [0.05, 0.1) is 19.1 Å². The molecular weight excluding hydrogens is 356 g/mol. The number of carbonyl (C=O) groups is 4. The topological polar surface area (TPSA) is 140 Å². The van der Waals surface area contributed by atoms with E-state index in [1.807, 2.05) is 6.07 Å². The summed E-state index contributed by atoms with van der Waals surface area (Å²) in [5.41, 5.74) is 0. The van der Waals surface area contributed by atoms with E-state index >= 15 is 0 Å². The fraction of sp³-hybridized carbons (Fsp3) is 0.706. The van der Waals surface area contributed by atoms with Crippen molar-refractivity contribution in [2.75, 3.05) is 20.2 Å². The normalized spacial score (nSPS) is 27.4. The summed E-state index contributed by atoms with van der Waals surface area (Å²) >= 11 is 0. The summed E-state index contributed by atoms with van der Waals surface area (Å²) < 4.78 is 4.76. The minimum absolute atomic E-state index is 0.0165. The maximum Gasteiger partial charge on any atom is 0.408 e. The first-order valence-corrected chi connectivity index (χ1v) is 8.77. The van der Waals surface area contributed by atoms with Crippen LogP contribution in [-0.4, -0.2) is 77.1 Å². The number of nitriles is 1. The van der Waals surface area contributed by atoms with E-state index in [0.29, 0.717) is 0 Å². The Labute approximate surface area is 157 Å². The molecule has 10 heteroatoms. The number of methoxy groups -OCH3 is 1. The molecule has 0 aromatic rings. The Morgan fingerprint density at radius 3 is 2.33 bits per heavy atom. The van der Waals surface area contributed by atoms with Crippen LogP contribution in [0.1, 0.15) is 26.7 Å². The minimum atomic E-state index is -1.26. The summed E-state index contributed by atoms with van der Waals surface area (Å²) in [6.45, 7) is 3.56. The van der Waals surface area contributed by atoms with Crippen LogP contribution >= 0.6 is 0 Å². The second-order valence-corrected chi connectivity index (χ2v) is 7.14. The molecule has 0 unspecified atom stereocenters. The molecule has 2 rings (SSSR count). The predicted molar refractivity (Wildman–Crippen MR) is 91.1 cm³/mol. The van der Waals surface area contributed by atoms with Gasteiger partial charge < -0.3 is 20.1 Å². The van der Waals surface area contributed by atoms with Crippen molar-refractivity contribution in [2.24, 2.45) is 11.8 Å². The Morgan fingerprint density at radius 1 is 1.15 bits per heavy atom. The van der Waals surface area contributed by atoms with Crippen LogP contribution in [0.5, 0.6) is 0 Å². The molecule has 4 atom stereocenters. The molecule has 0 aromatic carbocycles. The third kappa shape index (κ3) is 4.30. The van der Waals surface area contributed by atoms with Gasteiger partial charge in [-0.15, -0.1) is 0 Å². The van der Waals surface area contributed by atoms with Gasteiger partial charge in [0.1, 0.15) is 12.1 Å². The van der Waals surface area contributed by atoms with Crippen molar-refractivity contribution in [3.05, 3.63) is 0 Å². The lowest BCUT2D eigenvalue weighted by molar-refractivity contribution is -0.152. The van der Waals surface area contributed by atoms with Crippen LogP contribution < -0.4 is 5.32 Å². The Hall–Kier alpha value is -2.83. The first-order chi connectivity index (χ1) is 12.7. The second-order valence-electron chi connectivity index (χ2n) is 7.14. The van der Waals surface area contributed by atoms with Crippen molar-refractivity contribution >= 4 is 23.9 Å². The summed E-state index contributed by atoms with van der Waals surface area (Å²) in [6, 6.07) is -0.257. The van der Waals surface area contributed by atoms with Crippen molar-refractivity contribution in [1.82, 2.24) is 15.1 Å². The molecule has 148 valence electrons. The fourth-order valence-corrected chi connectivity index (χ4v) is 3.56. The lowest BCUT2D eigenvalue weighted by Crippen LogP contribution is -2.49. The van der Waals surface area contributed by atoms with E-state index in [9.17, 15) is 24.3 Å². The quantitative estimate of drug-likeness (QED) is 0.643. The predicted octanol–water partition coefficient (Wildman–Crippen LogP) is -0.207. The number of amides is 3. The molecule has 2 N–H and O–H groups in total. The van der Waals surface area contributed by atoms with Gasteiger partial charge >= 0.3 is 12.1 Å². The minimum Gasteiger partial charge on any atom is -0.467 e. The van der Waals surface area contributed by atoms with E-state index in [0.717, 1.165) is 4.90 Å². The van der Waals surface area contributed by atoms with Gasteiger partial charge in [0.15, 0.2) is 0 Å². The molecule has 10 nitrogen and oxygen atoms in total. The average Bonchev–Trinajstić information content (AvgIpc) is 3.24. The van der Waals surface area contributed by atoms with Gasteiger partial charge in [-0.05, 0) is 6.42 Å². The van der Waals surface area contributed by atoms with Crippen molar-refractivity contribution in [2.45, 2.75) is 44.8 Å². The molecule has 0 radical (unpaired) electrons. The van der Waals surface area contributed by atoms with E-state index < -0.39 is 42.0 Å². The van der Waals surface area contributed by atoms with Gasteiger partial charge in [0, 0.05) is 31.5 Å². The van der Waals surface area contributed by atoms with Crippen molar-refractivity contribution < 1.29 is 29.0 Å². The number of hydrogen-bond donors (Lipinski definition) is 2. The highest BCUT2D eigenvalue weighted by atomic mass is 16.5. The number of carbonyl (C=O) groups excluding carboxylic acids is 3. The van der Waals surface area contributed by atoms with E-state index in [1.54, 1.807) is 13.8 Å². The first-order valence-electron chi connectivity index (χ1n) is 8.77. The highest BCUT2D eigenvalue weighted by Crippen LogP contribution is 2.25. The lowest BCUT2D eigenvalue weighted by Gasteiger charge is -2.24. The van der Waals surface area contributed by atoms with Crippen molar-refractivity contribution in [1.29, 1.82) is 5.26 Å². The number of ether oxygens (including phenoxy) is 1. The van der Waals surface area contributed by atoms with Crippen LogP contribution in [0.4, 0.5) is 4.79 Å². The molecule has 0 bridgehead atoms. The molecule has 2 aliphatic rings. The number of carboxylic acid groups (broad SMARTS) is 1. The summed E-state index contributed by atoms with van der Waals surface area (Å²) in [7, 11) is 1.23. The molecule has 3 amide bonds. The molecule has 2 saturated heterocycles. The maximum absolute atomic E-state index is 12.6. The summed E-state index contributed by atoms with van der Waals surface area (Å²) in [6.07, 6.45) is -0.947. The van der Waals surface area contributed by atoms with Gasteiger partial charge in [0.25, 0.3) is 0 Å². The number of esters is 1. The molecule has 2 aliphatic heterocycles. The highest BCUT2D eigenvalue weighted by Gasteiger charge is 2.44. The van der Waals surface area contributed by atoms with Gasteiger partial charge in [-0.1, -0.05) is 13.8 Å². The zero-order valence-electron chi connectivity index (χ0n) is 15.5. The monoisotopic (exact) mass is 380 g/mol. The van der Waals surface area contributed by atoms with E-state index in [1.165, 1.54) is 12.0 Å². The largest absolute Gasteiger partial charge is 0.467 e. The lowest BCUT2D eigenvalue weighted by atomic mass is 10.1. The summed E-state index contributed by atoms with van der Waals surface area (Å²) in [4.78, 5) is 50.6. The smallest absolute Gasteiger partial charge is 0.408 e.